The van der Waals surface area contributed by atoms with Gasteiger partial charge in [-0.25, -0.2) is 0 Å². The predicted octanol–water partition coefficient (Wildman–Crippen LogP) is 5.58. The Labute approximate surface area is 135 Å². The lowest BCUT2D eigenvalue weighted by molar-refractivity contribution is 0.266. The molecule has 0 radical (unpaired) electrons. The van der Waals surface area contributed by atoms with Gasteiger partial charge in [0.15, 0.2) is 0 Å². The molecule has 0 spiro atoms. The van der Waals surface area contributed by atoms with Gasteiger partial charge in [0, 0.05) is 34.9 Å². The van der Waals surface area contributed by atoms with Crippen LogP contribution in [0.3, 0.4) is 0 Å². The minimum atomic E-state index is 0.0435. The second-order valence-electron chi connectivity index (χ2n) is 6.39. The van der Waals surface area contributed by atoms with Crippen molar-refractivity contribution in [3.8, 4) is 0 Å². The van der Waals surface area contributed by atoms with Gasteiger partial charge in [0.1, 0.15) is 0 Å². The molecule has 0 aliphatic heterocycles. The third-order valence-corrected chi connectivity index (χ3v) is 4.08. The van der Waals surface area contributed by atoms with Crippen LogP contribution in [0.15, 0.2) is 30.8 Å². The predicted molar refractivity (Wildman–Crippen MR) is 99.1 cm³/mol. The van der Waals surface area contributed by atoms with Crippen molar-refractivity contribution >= 4 is 16.6 Å². The summed E-state index contributed by atoms with van der Waals surface area (Å²) in [5.74, 6) is 0. The summed E-state index contributed by atoms with van der Waals surface area (Å²) in [5, 5.41) is 1.18. The molecule has 0 fully saturated rings. The van der Waals surface area contributed by atoms with Crippen LogP contribution in [0.4, 0.5) is 0 Å². The van der Waals surface area contributed by atoms with Crippen molar-refractivity contribution in [3.05, 3.63) is 47.7 Å². The van der Waals surface area contributed by atoms with Gasteiger partial charge < -0.3 is 4.90 Å². The molecule has 0 aliphatic rings. The normalized spacial score (nSPS) is 10.9. The highest BCUT2D eigenvalue weighted by Gasteiger charge is 2.22. The molecule has 0 N–H and O–H groups in total. The standard InChI is InChI=1S/C18H24N2.C2H6/c1-12-13(2)19-16-11-9-8-10-15(16)17(12)14(3)20(7)18(4,5)6;1-2/h8-11H,3H2,1-2,4-7H3;1-2H3. The Bertz CT molecular complexity index is 663. The van der Waals surface area contributed by atoms with E-state index in [0.717, 1.165) is 16.9 Å². The van der Waals surface area contributed by atoms with Crippen molar-refractivity contribution in [2.24, 2.45) is 0 Å². The Kier molecular flexibility index (Phi) is 5.76. The second-order valence-corrected chi connectivity index (χ2v) is 6.39. The summed E-state index contributed by atoms with van der Waals surface area (Å²) in [6.07, 6.45) is 0. The molecule has 0 saturated heterocycles. The summed E-state index contributed by atoms with van der Waals surface area (Å²) in [6, 6.07) is 8.29. The lowest BCUT2D eigenvalue weighted by atomic mass is 9.96. The van der Waals surface area contributed by atoms with E-state index in [-0.39, 0.29) is 5.54 Å². The Morgan fingerprint density at radius 1 is 1.09 bits per heavy atom. The van der Waals surface area contributed by atoms with Crippen LogP contribution in [-0.4, -0.2) is 22.5 Å². The van der Waals surface area contributed by atoms with Crippen molar-refractivity contribution in [1.29, 1.82) is 0 Å². The van der Waals surface area contributed by atoms with E-state index in [1.165, 1.54) is 16.5 Å². The van der Waals surface area contributed by atoms with Crippen LogP contribution in [0.5, 0.6) is 0 Å². The quantitative estimate of drug-likeness (QED) is 0.719. The van der Waals surface area contributed by atoms with Crippen LogP contribution in [0.2, 0.25) is 0 Å². The van der Waals surface area contributed by atoms with E-state index in [1.54, 1.807) is 0 Å². The zero-order valence-electron chi connectivity index (χ0n) is 15.4. The Morgan fingerprint density at radius 2 is 1.64 bits per heavy atom. The van der Waals surface area contributed by atoms with E-state index in [0.29, 0.717) is 0 Å². The number of hydrogen-bond donors (Lipinski definition) is 0. The van der Waals surface area contributed by atoms with Crippen molar-refractivity contribution in [3.63, 3.8) is 0 Å². The highest BCUT2D eigenvalue weighted by Crippen LogP contribution is 2.32. The van der Waals surface area contributed by atoms with Gasteiger partial charge in [0.2, 0.25) is 0 Å². The molecule has 2 nitrogen and oxygen atoms in total. The fourth-order valence-corrected chi connectivity index (χ4v) is 2.37. The first-order valence-corrected chi connectivity index (χ1v) is 8.02. The van der Waals surface area contributed by atoms with Crippen LogP contribution in [0.1, 0.15) is 51.4 Å². The smallest absolute Gasteiger partial charge is 0.0712 e. The molecule has 0 unspecified atom stereocenters. The number of rotatable bonds is 2. The molecule has 1 heterocycles. The van der Waals surface area contributed by atoms with E-state index in [9.17, 15) is 0 Å². The number of fused-ring (bicyclic) bond motifs is 1. The second kappa shape index (κ2) is 6.95. The maximum absolute atomic E-state index is 4.68. The van der Waals surface area contributed by atoms with Gasteiger partial charge in [-0.3, -0.25) is 4.98 Å². The van der Waals surface area contributed by atoms with Crippen LogP contribution >= 0.6 is 0 Å². The van der Waals surface area contributed by atoms with Gasteiger partial charge >= 0.3 is 0 Å². The molecule has 1 aromatic carbocycles. The van der Waals surface area contributed by atoms with Gasteiger partial charge in [-0.05, 0) is 46.2 Å². The zero-order chi connectivity index (χ0) is 17.1. The molecular weight excluding hydrogens is 268 g/mol. The van der Waals surface area contributed by atoms with E-state index in [1.807, 2.05) is 19.9 Å². The number of pyridine rings is 1. The molecule has 1 aromatic heterocycles. The van der Waals surface area contributed by atoms with Crippen molar-refractivity contribution in [1.82, 2.24) is 9.88 Å². The maximum atomic E-state index is 4.68. The largest absolute Gasteiger partial charge is 0.370 e. The van der Waals surface area contributed by atoms with Crippen molar-refractivity contribution in [2.45, 2.75) is 54.0 Å². The van der Waals surface area contributed by atoms with Crippen LogP contribution < -0.4 is 0 Å². The molecule has 22 heavy (non-hydrogen) atoms. The summed E-state index contributed by atoms with van der Waals surface area (Å²) in [4.78, 5) is 6.92. The van der Waals surface area contributed by atoms with Gasteiger partial charge in [0.25, 0.3) is 0 Å². The molecule has 0 saturated carbocycles. The van der Waals surface area contributed by atoms with Crippen LogP contribution in [-0.2, 0) is 0 Å². The third-order valence-electron chi connectivity index (χ3n) is 4.08. The Balaban J connectivity index is 0.00000116. The monoisotopic (exact) mass is 298 g/mol. The molecule has 0 bridgehead atoms. The summed E-state index contributed by atoms with van der Waals surface area (Å²) >= 11 is 0. The average molecular weight is 298 g/mol. The number of hydrogen-bond acceptors (Lipinski definition) is 2. The third kappa shape index (κ3) is 3.49. The van der Waals surface area contributed by atoms with Crippen LogP contribution in [0, 0.1) is 13.8 Å². The number of para-hydroxylation sites is 1. The molecular formula is C20H30N2. The van der Waals surface area contributed by atoms with Crippen molar-refractivity contribution < 1.29 is 0 Å². The van der Waals surface area contributed by atoms with Crippen molar-refractivity contribution in [2.75, 3.05) is 7.05 Å². The topological polar surface area (TPSA) is 16.1 Å². The minimum Gasteiger partial charge on any atom is -0.370 e. The van der Waals surface area contributed by atoms with Gasteiger partial charge in [-0.1, -0.05) is 38.6 Å². The highest BCUT2D eigenvalue weighted by atomic mass is 15.2. The summed E-state index contributed by atoms with van der Waals surface area (Å²) in [5.41, 5.74) is 5.63. The maximum Gasteiger partial charge on any atom is 0.0712 e. The van der Waals surface area contributed by atoms with Gasteiger partial charge in [0.05, 0.1) is 5.52 Å². The van der Waals surface area contributed by atoms with E-state index >= 15 is 0 Å². The molecule has 2 heteroatoms. The first kappa shape index (κ1) is 18.2. The SMILES string of the molecule is C=C(c1c(C)c(C)nc2ccccc12)N(C)C(C)(C)C.CC. The zero-order valence-corrected chi connectivity index (χ0v) is 15.4. The van der Waals surface area contributed by atoms with E-state index in [4.69, 9.17) is 0 Å². The Morgan fingerprint density at radius 3 is 2.18 bits per heavy atom. The fourth-order valence-electron chi connectivity index (χ4n) is 2.37. The lowest BCUT2D eigenvalue weighted by Gasteiger charge is -2.36. The fraction of sp³-hybridized carbons (Fsp3) is 0.450. The first-order chi connectivity index (χ1) is 10.2. The Hall–Kier alpha value is -1.83. The molecule has 0 amide bonds. The first-order valence-electron chi connectivity index (χ1n) is 8.02. The van der Waals surface area contributed by atoms with Crippen LogP contribution in [0.25, 0.3) is 16.6 Å². The number of benzene rings is 1. The average Bonchev–Trinajstić information content (AvgIpc) is 2.48. The number of aryl methyl sites for hydroxylation is 1. The molecule has 0 atom stereocenters. The lowest BCUT2D eigenvalue weighted by Crippen LogP contribution is -2.36. The molecule has 0 aliphatic carbocycles. The minimum absolute atomic E-state index is 0.0435. The molecule has 2 rings (SSSR count). The number of aromatic nitrogens is 1. The molecule has 2 aromatic rings. The summed E-state index contributed by atoms with van der Waals surface area (Å²) in [7, 11) is 2.10. The number of nitrogens with zero attached hydrogens (tertiary/aromatic N) is 2. The van der Waals surface area contributed by atoms with Gasteiger partial charge in [-0.15, -0.1) is 0 Å². The van der Waals surface area contributed by atoms with E-state index < -0.39 is 0 Å². The highest BCUT2D eigenvalue weighted by molar-refractivity contribution is 5.92. The van der Waals surface area contributed by atoms with E-state index in [2.05, 4.69) is 76.3 Å². The summed E-state index contributed by atoms with van der Waals surface area (Å²) in [6.45, 7) is 19.1. The van der Waals surface area contributed by atoms with Gasteiger partial charge in [-0.2, -0.15) is 0 Å². The summed E-state index contributed by atoms with van der Waals surface area (Å²) < 4.78 is 0. The molecule has 120 valence electrons.